The maximum Gasteiger partial charge on any atom is 0.315 e. The molecule has 0 spiro atoms. The van der Waals surface area contributed by atoms with Crippen LogP contribution in [0.3, 0.4) is 0 Å². The Bertz CT molecular complexity index is 1220. The largest absolute Gasteiger partial charge is 0.481 e. The van der Waals surface area contributed by atoms with Crippen molar-refractivity contribution in [3.63, 3.8) is 0 Å². The van der Waals surface area contributed by atoms with Gasteiger partial charge in [0, 0.05) is 11.6 Å². The fourth-order valence-electron chi connectivity index (χ4n) is 4.61. The second kappa shape index (κ2) is 7.96. The quantitative estimate of drug-likeness (QED) is 0.469. The lowest BCUT2D eigenvalue weighted by Gasteiger charge is -2.40. The molecule has 1 aliphatic carbocycles. The van der Waals surface area contributed by atoms with Crippen molar-refractivity contribution in [2.45, 2.75) is 18.8 Å². The Morgan fingerprint density at radius 2 is 1.69 bits per heavy atom. The minimum atomic E-state index is -0.895. The van der Waals surface area contributed by atoms with Gasteiger partial charge in [0.15, 0.2) is 0 Å². The van der Waals surface area contributed by atoms with Gasteiger partial charge in [0.05, 0.1) is 18.3 Å². The zero-order valence-electron chi connectivity index (χ0n) is 17.2. The van der Waals surface area contributed by atoms with Crippen molar-refractivity contribution in [3.8, 4) is 16.9 Å². The molecule has 1 heterocycles. The summed E-state index contributed by atoms with van der Waals surface area (Å²) in [7, 11) is 0. The molecule has 0 radical (unpaired) electrons. The lowest BCUT2D eigenvalue weighted by atomic mass is 9.62. The van der Waals surface area contributed by atoms with E-state index in [9.17, 15) is 19.5 Å². The van der Waals surface area contributed by atoms with E-state index in [1.165, 1.54) is 0 Å². The molecule has 1 fully saturated rings. The third-order valence-corrected chi connectivity index (χ3v) is 6.30. The first-order valence-electron chi connectivity index (χ1n) is 10.5. The molecular formula is C26H21NO5. The van der Waals surface area contributed by atoms with E-state index >= 15 is 0 Å². The number of hydrogen-bond donors (Lipinski definition) is 2. The molecule has 1 saturated carbocycles. The normalized spacial score (nSPS) is 21.2. The van der Waals surface area contributed by atoms with Crippen molar-refractivity contribution in [1.82, 2.24) is 0 Å². The van der Waals surface area contributed by atoms with Crippen LogP contribution >= 0.6 is 0 Å². The molecule has 0 saturated heterocycles. The first-order valence-corrected chi connectivity index (χ1v) is 10.5. The van der Waals surface area contributed by atoms with Crippen LogP contribution in [0.1, 0.15) is 23.5 Å². The summed E-state index contributed by atoms with van der Waals surface area (Å²) in [6, 6.07) is 22.2. The highest BCUT2D eigenvalue weighted by Gasteiger charge is 2.50. The molecule has 2 N–H and O–H groups in total. The first-order chi connectivity index (χ1) is 15.5. The second-order valence-electron chi connectivity index (χ2n) is 8.27. The summed E-state index contributed by atoms with van der Waals surface area (Å²) in [5, 5.41) is 12.4. The predicted octanol–water partition coefficient (Wildman–Crippen LogP) is 4.26. The molecule has 0 bridgehead atoms. The molecule has 1 amide bonds. The summed E-state index contributed by atoms with van der Waals surface area (Å²) in [5.41, 5.74) is 4.36. The lowest BCUT2D eigenvalue weighted by Crippen LogP contribution is -2.45. The Hall–Kier alpha value is -3.93. The highest BCUT2D eigenvalue weighted by atomic mass is 16.5. The number of amides is 1. The fourth-order valence-corrected chi connectivity index (χ4v) is 4.61. The zero-order valence-corrected chi connectivity index (χ0v) is 17.2. The van der Waals surface area contributed by atoms with E-state index < -0.39 is 29.7 Å². The maximum atomic E-state index is 12.9. The molecule has 5 rings (SSSR count). The number of nitrogens with one attached hydrogen (secondary N) is 1. The van der Waals surface area contributed by atoms with Crippen molar-refractivity contribution in [3.05, 3.63) is 83.9 Å². The van der Waals surface area contributed by atoms with Gasteiger partial charge in [-0.1, -0.05) is 54.6 Å². The maximum absolute atomic E-state index is 12.9. The molecule has 3 aromatic rings. The molecule has 160 valence electrons. The van der Waals surface area contributed by atoms with Crippen molar-refractivity contribution in [1.29, 1.82) is 0 Å². The predicted molar refractivity (Wildman–Crippen MR) is 118 cm³/mol. The van der Waals surface area contributed by atoms with Crippen LogP contribution < -0.4 is 10.1 Å². The Labute approximate surface area is 184 Å². The molecule has 1 aliphatic heterocycles. The molecule has 32 heavy (non-hydrogen) atoms. The Morgan fingerprint density at radius 3 is 2.47 bits per heavy atom. The number of carboxylic acid groups (broad SMARTS) is 1. The van der Waals surface area contributed by atoms with Crippen LogP contribution in [0.25, 0.3) is 11.1 Å². The van der Waals surface area contributed by atoms with Crippen molar-refractivity contribution < 1.29 is 24.2 Å². The van der Waals surface area contributed by atoms with E-state index in [0.29, 0.717) is 12.2 Å². The van der Waals surface area contributed by atoms with Crippen LogP contribution in [0.2, 0.25) is 0 Å². The number of carboxylic acids is 1. The molecular weight excluding hydrogens is 406 g/mol. The minimum absolute atomic E-state index is 0.0204. The first kappa shape index (κ1) is 20.0. The fraction of sp³-hybridized carbons (Fsp3) is 0.192. The number of anilines is 1. The van der Waals surface area contributed by atoms with E-state index in [4.69, 9.17) is 4.74 Å². The monoisotopic (exact) mass is 427 g/mol. The number of ether oxygens (including phenoxy) is 1. The van der Waals surface area contributed by atoms with E-state index in [1.807, 2.05) is 54.6 Å². The number of benzene rings is 3. The summed E-state index contributed by atoms with van der Waals surface area (Å²) in [6.07, 6.45) is 0.645. The van der Waals surface area contributed by atoms with Crippen LogP contribution in [-0.2, 0) is 20.8 Å². The van der Waals surface area contributed by atoms with Gasteiger partial charge in [-0.15, -0.1) is 0 Å². The Morgan fingerprint density at radius 1 is 0.906 bits per heavy atom. The standard InChI is InChI=1S/C26H21NO5/c28-23-13-18-10-9-17(12-22(18)27-23)16-7-4-8-19(11-16)32-26(31)21-14-20(25(29)30)24(21)15-5-2-1-3-6-15/h1-12,20-21,24H,13-14H2,(H,27,28)(H,29,30)/t20-,21+,24-/m1/s1. The van der Waals surface area contributed by atoms with Crippen molar-refractivity contribution in [2.75, 3.05) is 5.32 Å². The topological polar surface area (TPSA) is 92.7 Å². The minimum Gasteiger partial charge on any atom is -0.481 e. The highest BCUT2D eigenvalue weighted by molar-refractivity contribution is 6.00. The smallest absolute Gasteiger partial charge is 0.315 e. The summed E-state index contributed by atoms with van der Waals surface area (Å²) >= 11 is 0. The number of hydrogen-bond acceptors (Lipinski definition) is 4. The highest BCUT2D eigenvalue weighted by Crippen LogP contribution is 2.48. The van der Waals surface area contributed by atoms with E-state index in [2.05, 4.69) is 5.32 Å². The summed E-state index contributed by atoms with van der Waals surface area (Å²) in [4.78, 5) is 36.1. The number of carbonyl (C=O) groups excluding carboxylic acids is 2. The Balaban J connectivity index is 1.35. The number of esters is 1. The van der Waals surface area contributed by atoms with Gasteiger partial charge in [0.2, 0.25) is 5.91 Å². The van der Waals surface area contributed by atoms with Crippen LogP contribution in [0.15, 0.2) is 72.8 Å². The van der Waals surface area contributed by atoms with Gasteiger partial charge in [0.1, 0.15) is 5.75 Å². The average molecular weight is 427 g/mol. The molecule has 2 aliphatic rings. The van der Waals surface area contributed by atoms with Gasteiger partial charge in [0.25, 0.3) is 0 Å². The summed E-state index contributed by atoms with van der Waals surface area (Å²) in [5.74, 6) is -2.43. The average Bonchev–Trinajstić information content (AvgIpc) is 3.13. The third kappa shape index (κ3) is 3.64. The molecule has 6 nitrogen and oxygen atoms in total. The van der Waals surface area contributed by atoms with Gasteiger partial charge in [-0.3, -0.25) is 14.4 Å². The third-order valence-electron chi connectivity index (χ3n) is 6.30. The van der Waals surface area contributed by atoms with E-state index in [0.717, 1.165) is 27.9 Å². The molecule has 6 heteroatoms. The summed E-state index contributed by atoms with van der Waals surface area (Å²) < 4.78 is 5.67. The van der Waals surface area contributed by atoms with Crippen molar-refractivity contribution >= 4 is 23.5 Å². The van der Waals surface area contributed by atoms with Gasteiger partial charge < -0.3 is 15.2 Å². The lowest BCUT2D eigenvalue weighted by molar-refractivity contribution is -0.155. The molecule has 3 atom stereocenters. The van der Waals surface area contributed by atoms with Gasteiger partial charge in [-0.2, -0.15) is 0 Å². The summed E-state index contributed by atoms with van der Waals surface area (Å²) in [6.45, 7) is 0. The number of aliphatic carboxylic acids is 1. The molecule has 3 aromatic carbocycles. The number of fused-ring (bicyclic) bond motifs is 1. The number of rotatable bonds is 5. The van der Waals surface area contributed by atoms with Crippen LogP contribution in [0, 0.1) is 11.8 Å². The number of carbonyl (C=O) groups is 3. The van der Waals surface area contributed by atoms with Crippen molar-refractivity contribution in [2.24, 2.45) is 11.8 Å². The SMILES string of the molecule is O=C1Cc2ccc(-c3cccc(OC(=O)[C@H]4C[C@@H](C(=O)O)[C@H]4c4ccccc4)c3)cc2N1. The van der Waals surface area contributed by atoms with Crippen LogP contribution in [0.5, 0.6) is 5.75 Å². The van der Waals surface area contributed by atoms with Gasteiger partial charge in [-0.25, -0.2) is 0 Å². The van der Waals surface area contributed by atoms with Crippen LogP contribution in [0.4, 0.5) is 5.69 Å². The molecule has 0 unspecified atom stereocenters. The Kier molecular flexibility index (Phi) is 4.98. The second-order valence-corrected chi connectivity index (χ2v) is 8.27. The van der Waals surface area contributed by atoms with E-state index in [1.54, 1.807) is 18.2 Å². The zero-order chi connectivity index (χ0) is 22.2. The molecule has 0 aromatic heterocycles. The van der Waals surface area contributed by atoms with Gasteiger partial charge in [-0.05, 0) is 46.9 Å². The van der Waals surface area contributed by atoms with E-state index in [-0.39, 0.29) is 12.3 Å². The van der Waals surface area contributed by atoms with Crippen LogP contribution in [-0.4, -0.2) is 23.0 Å². The van der Waals surface area contributed by atoms with Gasteiger partial charge >= 0.3 is 11.9 Å².